The molecule has 0 atom stereocenters. The first-order chi connectivity index (χ1) is 2.91. The first kappa shape index (κ1) is 7.31. The fourth-order valence-corrected chi connectivity index (χ4v) is 2.37. The predicted molar refractivity (Wildman–Crippen MR) is 44.9 cm³/mol. The Morgan fingerprint density at radius 3 is 2.83 bits per heavy atom. The van der Waals surface area contributed by atoms with E-state index >= 15 is 0 Å². The van der Waals surface area contributed by atoms with E-state index in [9.17, 15) is 0 Å². The molecular weight excluding hydrogens is 225 g/mol. The standard InChI is InChI=1S/C2H5BIPS/c1-5-6-3-2-4/h2H2,1H3. The molecule has 0 heterocycles. The molecule has 0 saturated heterocycles. The van der Waals surface area contributed by atoms with E-state index in [1.54, 1.807) is 0 Å². The molecule has 0 saturated carbocycles. The van der Waals surface area contributed by atoms with Crippen molar-refractivity contribution in [2.24, 2.45) is 0 Å². The second-order valence-electron chi connectivity index (χ2n) is 0.609. The van der Waals surface area contributed by atoms with Gasteiger partial charge in [0.2, 0.25) is 0 Å². The quantitative estimate of drug-likeness (QED) is 0.277. The second kappa shape index (κ2) is 6.31. The molecule has 6 heavy (non-hydrogen) atoms. The Labute approximate surface area is 57.3 Å². The third-order valence-corrected chi connectivity index (χ3v) is 2.89. The summed E-state index contributed by atoms with van der Waals surface area (Å²) in [6.07, 6.45) is 2.20. The van der Waals surface area contributed by atoms with Gasteiger partial charge in [-0.2, -0.15) is 0 Å². The molecule has 0 fully saturated rings. The van der Waals surface area contributed by atoms with Gasteiger partial charge in [-0.1, -0.05) is 0 Å². The molecule has 0 nitrogen and oxygen atoms in total. The zero-order valence-corrected chi connectivity index (χ0v) is 7.39. The Balaban J connectivity index is 3.18. The van der Waals surface area contributed by atoms with Crippen LogP contribution in [0, 0.1) is 0 Å². The number of hydrogen-bond donors (Lipinski definition) is 0. The maximum absolute atomic E-state index is 2.33. The van der Waals surface area contributed by atoms with E-state index < -0.39 is 0 Å². The third kappa shape index (κ3) is 5.31. The Bertz CT molecular complexity index is 77.6. The van der Waals surface area contributed by atoms with Crippen molar-refractivity contribution in [2.45, 2.75) is 0 Å². The van der Waals surface area contributed by atoms with Crippen LogP contribution in [0.5, 0.6) is 0 Å². The maximum atomic E-state index is 2.33. The molecule has 0 aliphatic heterocycles. The van der Waals surface area contributed by atoms with E-state index in [1.165, 1.54) is 7.36 Å². The Morgan fingerprint density at radius 2 is 2.67 bits per heavy atom. The van der Waals surface area contributed by atoms with Crippen LogP contribution in [-0.4, -0.2) is 17.1 Å². The van der Waals surface area contributed by atoms with Crippen LogP contribution in [0.4, 0.5) is 0 Å². The summed E-state index contributed by atoms with van der Waals surface area (Å²) in [4.78, 5) is 0. The van der Waals surface area contributed by atoms with Crippen molar-refractivity contribution in [1.29, 1.82) is 0 Å². The SMILES string of the molecule is CP=S=BCI. The van der Waals surface area contributed by atoms with Crippen molar-refractivity contribution in [2.75, 3.05) is 11.0 Å². The Hall–Kier alpha value is 1.31. The van der Waals surface area contributed by atoms with Gasteiger partial charge in [-0.3, -0.25) is 0 Å². The third-order valence-electron chi connectivity index (χ3n) is 0.243. The van der Waals surface area contributed by atoms with E-state index in [1.807, 2.05) is 10.4 Å². The molecule has 0 aliphatic rings. The average Bonchev–Trinajstić information content (AvgIpc) is 1.61. The van der Waals surface area contributed by atoms with Crippen molar-refractivity contribution in [1.82, 2.24) is 0 Å². The normalized spacial score (nSPS) is 7.67. The van der Waals surface area contributed by atoms with E-state index in [0.717, 1.165) is 4.33 Å². The van der Waals surface area contributed by atoms with Crippen molar-refractivity contribution in [3.8, 4) is 0 Å². The van der Waals surface area contributed by atoms with Gasteiger partial charge in [0, 0.05) is 0 Å². The molecule has 34 valence electrons. The van der Waals surface area contributed by atoms with Gasteiger partial charge in [-0.05, 0) is 0 Å². The summed E-state index contributed by atoms with van der Waals surface area (Å²) in [5.74, 6) is 0. The van der Waals surface area contributed by atoms with Gasteiger partial charge in [0.25, 0.3) is 0 Å². The van der Waals surface area contributed by atoms with E-state index in [0.29, 0.717) is 0 Å². The summed E-state index contributed by atoms with van der Waals surface area (Å²) in [5.41, 5.74) is 0. The van der Waals surface area contributed by atoms with Crippen LogP contribution < -0.4 is 0 Å². The summed E-state index contributed by atoms with van der Waals surface area (Å²) in [7, 11) is 3.25. The van der Waals surface area contributed by atoms with Crippen LogP contribution >= 0.6 is 29.9 Å². The van der Waals surface area contributed by atoms with Crippen molar-refractivity contribution < 1.29 is 0 Å². The molecule has 0 aromatic rings. The molecule has 0 spiro atoms. The van der Waals surface area contributed by atoms with Crippen molar-refractivity contribution >= 4 is 46.5 Å². The van der Waals surface area contributed by atoms with E-state index in [2.05, 4.69) is 35.4 Å². The summed E-state index contributed by atoms with van der Waals surface area (Å²) in [6.45, 7) is 2.13. The van der Waals surface area contributed by atoms with Crippen molar-refractivity contribution in [3.05, 3.63) is 0 Å². The second-order valence-corrected chi connectivity index (χ2v) is 4.13. The molecule has 0 aromatic heterocycles. The fourth-order valence-electron chi connectivity index (χ4n) is 0.103. The minimum absolute atomic E-state index is 1.16. The molecule has 0 aliphatic carbocycles. The molecule has 0 amide bonds. The van der Waals surface area contributed by atoms with Crippen LogP contribution in [0.1, 0.15) is 0 Å². The van der Waals surface area contributed by atoms with E-state index in [4.69, 9.17) is 0 Å². The summed E-state index contributed by atoms with van der Waals surface area (Å²) in [6, 6.07) is 0. The zero-order valence-electron chi connectivity index (χ0n) is 3.52. The Morgan fingerprint density at radius 1 is 2.00 bits per heavy atom. The van der Waals surface area contributed by atoms with Crippen LogP contribution in [0.2, 0.25) is 0 Å². The van der Waals surface area contributed by atoms with Crippen LogP contribution in [-0.2, 0) is 10.4 Å². The van der Waals surface area contributed by atoms with E-state index in [-0.39, 0.29) is 0 Å². The number of alkyl halides is 1. The molecule has 0 bridgehead atoms. The Kier molecular flexibility index (Phi) is 7.70. The van der Waals surface area contributed by atoms with Gasteiger partial charge >= 0.3 is 57.5 Å². The summed E-state index contributed by atoms with van der Waals surface area (Å²) >= 11 is 2.33. The molecular formula is C2H5BIPS. The fraction of sp³-hybridized carbons (Fsp3) is 1.00. The van der Waals surface area contributed by atoms with Gasteiger partial charge in [-0.15, -0.1) is 0 Å². The topological polar surface area (TPSA) is 0 Å². The average molecular weight is 230 g/mol. The van der Waals surface area contributed by atoms with Crippen LogP contribution in [0.3, 0.4) is 0 Å². The summed E-state index contributed by atoms with van der Waals surface area (Å²) in [5, 5.41) is 0. The van der Waals surface area contributed by atoms with Crippen LogP contribution in [0.15, 0.2) is 0 Å². The molecule has 4 heteroatoms. The molecule has 0 rings (SSSR count). The van der Waals surface area contributed by atoms with Gasteiger partial charge in [0.15, 0.2) is 0 Å². The number of rotatable bonds is 1. The molecule has 0 radical (unpaired) electrons. The number of halogens is 1. The monoisotopic (exact) mass is 230 g/mol. The first-order valence-corrected chi connectivity index (χ1v) is 5.89. The minimum atomic E-state index is 1.16. The molecule has 0 N–H and O–H groups in total. The predicted octanol–water partition coefficient (Wildman–Crippen LogP) is 1.57. The molecule has 0 aromatic carbocycles. The van der Waals surface area contributed by atoms with Gasteiger partial charge < -0.3 is 0 Å². The van der Waals surface area contributed by atoms with Crippen molar-refractivity contribution in [3.63, 3.8) is 0 Å². The van der Waals surface area contributed by atoms with Gasteiger partial charge in [0.1, 0.15) is 0 Å². The van der Waals surface area contributed by atoms with Gasteiger partial charge in [-0.25, -0.2) is 0 Å². The van der Waals surface area contributed by atoms with Crippen LogP contribution in [0.25, 0.3) is 0 Å². The van der Waals surface area contributed by atoms with Gasteiger partial charge in [0.05, 0.1) is 0 Å². The first-order valence-electron chi connectivity index (χ1n) is 1.54. The summed E-state index contributed by atoms with van der Waals surface area (Å²) < 4.78 is 1.16. The molecule has 0 unspecified atom stereocenters. The number of hydrogen-bond acceptors (Lipinski definition) is 0. The zero-order chi connectivity index (χ0) is 4.83.